The van der Waals surface area contributed by atoms with Crippen molar-refractivity contribution in [1.29, 1.82) is 0 Å². The Labute approximate surface area is 149 Å². The fourth-order valence-electron chi connectivity index (χ4n) is 5.00. The molecule has 1 aromatic heterocycles. The second-order valence-electron chi connectivity index (χ2n) is 8.35. The number of rotatable bonds is 2. The lowest BCUT2D eigenvalue weighted by molar-refractivity contribution is -0.140. The van der Waals surface area contributed by atoms with E-state index in [4.69, 9.17) is 0 Å². The van der Waals surface area contributed by atoms with Crippen molar-refractivity contribution in [2.45, 2.75) is 51.6 Å². The van der Waals surface area contributed by atoms with Gasteiger partial charge in [-0.25, -0.2) is 0 Å². The van der Waals surface area contributed by atoms with E-state index in [1.54, 1.807) is 6.07 Å². The maximum atomic E-state index is 13.1. The van der Waals surface area contributed by atoms with Gasteiger partial charge in [-0.1, -0.05) is 6.07 Å². The third-order valence-corrected chi connectivity index (χ3v) is 6.40. The van der Waals surface area contributed by atoms with Crippen LogP contribution in [0.3, 0.4) is 0 Å². The number of hydrogen-bond acceptors (Lipinski definition) is 3. The van der Waals surface area contributed by atoms with Gasteiger partial charge in [-0.15, -0.1) is 0 Å². The molecule has 3 aliphatic rings. The lowest BCUT2D eigenvalue weighted by Crippen LogP contribution is -2.52. The van der Waals surface area contributed by atoms with E-state index in [1.807, 2.05) is 10.6 Å². The van der Waals surface area contributed by atoms with Gasteiger partial charge in [-0.2, -0.15) is 0 Å². The molecule has 0 saturated carbocycles. The molecule has 0 aliphatic carbocycles. The molecule has 4 heterocycles. The van der Waals surface area contributed by atoms with E-state index in [2.05, 4.69) is 29.7 Å². The normalized spacial score (nSPS) is 27.4. The summed E-state index contributed by atoms with van der Waals surface area (Å²) in [6.07, 6.45) is 3.08. The Morgan fingerprint density at radius 1 is 1.12 bits per heavy atom. The number of likely N-dealkylation sites (tertiary alicyclic amines) is 2. The Kier molecular flexibility index (Phi) is 4.44. The van der Waals surface area contributed by atoms with Crippen molar-refractivity contribution in [3.05, 3.63) is 34.2 Å². The van der Waals surface area contributed by atoms with Crippen LogP contribution in [0.1, 0.15) is 44.7 Å². The third kappa shape index (κ3) is 3.14. The second-order valence-corrected chi connectivity index (χ2v) is 8.35. The lowest BCUT2D eigenvalue weighted by atomic mass is 9.82. The number of hydrogen-bond donors (Lipinski definition) is 0. The molecule has 136 valence electrons. The summed E-state index contributed by atoms with van der Waals surface area (Å²) in [5, 5.41) is 0. The molecular formula is C20H29N3O2. The molecule has 0 spiro atoms. The first-order valence-electron chi connectivity index (χ1n) is 9.75. The molecule has 2 atom stereocenters. The van der Waals surface area contributed by atoms with Gasteiger partial charge in [-0.05, 0) is 58.2 Å². The maximum absolute atomic E-state index is 13.1. The van der Waals surface area contributed by atoms with Crippen molar-refractivity contribution in [3.8, 4) is 0 Å². The smallest absolute Gasteiger partial charge is 0.250 e. The fraction of sp³-hybridized carbons (Fsp3) is 0.700. The quantitative estimate of drug-likeness (QED) is 0.824. The summed E-state index contributed by atoms with van der Waals surface area (Å²) in [7, 11) is 0. The molecule has 2 bridgehead atoms. The Bertz CT molecular complexity index is 703. The van der Waals surface area contributed by atoms with Gasteiger partial charge in [0.05, 0.1) is 0 Å². The first-order chi connectivity index (χ1) is 12.0. The summed E-state index contributed by atoms with van der Waals surface area (Å²) in [6, 6.07) is 6.14. The van der Waals surface area contributed by atoms with Crippen LogP contribution in [0.5, 0.6) is 0 Å². The standard InChI is InChI=1S/C20H29N3O2/c1-14(2)21-8-6-16(7-9-21)20(25)22-11-15-10-17(13-22)18-4-3-5-19(24)23(18)12-15/h3-5,14-17H,6-13H2,1-2H3/t15-,17+/m1/s1. The number of carbonyl (C=O) groups is 1. The summed E-state index contributed by atoms with van der Waals surface area (Å²) < 4.78 is 1.93. The lowest BCUT2D eigenvalue weighted by Gasteiger charge is -2.44. The number of aromatic nitrogens is 1. The molecule has 5 heteroatoms. The van der Waals surface area contributed by atoms with Crippen LogP contribution in [-0.2, 0) is 11.3 Å². The summed E-state index contributed by atoms with van der Waals surface area (Å²) >= 11 is 0. The molecule has 0 unspecified atom stereocenters. The summed E-state index contributed by atoms with van der Waals surface area (Å²) in [5.74, 6) is 1.28. The largest absolute Gasteiger partial charge is 0.341 e. The van der Waals surface area contributed by atoms with Crippen LogP contribution >= 0.6 is 0 Å². The average Bonchev–Trinajstić information content (AvgIpc) is 2.62. The van der Waals surface area contributed by atoms with Crippen molar-refractivity contribution >= 4 is 5.91 Å². The Balaban J connectivity index is 1.46. The second kappa shape index (κ2) is 6.60. The molecule has 25 heavy (non-hydrogen) atoms. The van der Waals surface area contributed by atoms with E-state index >= 15 is 0 Å². The number of nitrogens with zero attached hydrogens (tertiary/aromatic N) is 3. The number of fused-ring (bicyclic) bond motifs is 4. The Morgan fingerprint density at radius 3 is 2.60 bits per heavy atom. The van der Waals surface area contributed by atoms with Gasteiger partial charge >= 0.3 is 0 Å². The van der Waals surface area contributed by atoms with Gasteiger partial charge in [0.15, 0.2) is 0 Å². The molecular weight excluding hydrogens is 314 g/mol. The SMILES string of the molecule is CC(C)N1CCC(C(=O)N2C[C@H]3C[C@@H](C2)c2cccc(=O)n2C3)CC1. The summed E-state index contributed by atoms with van der Waals surface area (Å²) in [6.45, 7) is 8.89. The molecule has 0 radical (unpaired) electrons. The molecule has 0 aromatic carbocycles. The minimum atomic E-state index is 0.105. The van der Waals surface area contributed by atoms with Gasteiger partial charge in [-0.3, -0.25) is 9.59 Å². The molecule has 3 aliphatic heterocycles. The first kappa shape index (κ1) is 16.8. The monoisotopic (exact) mass is 343 g/mol. The summed E-state index contributed by atoms with van der Waals surface area (Å²) in [5.41, 5.74) is 1.23. The predicted molar refractivity (Wildman–Crippen MR) is 97.6 cm³/mol. The van der Waals surface area contributed by atoms with E-state index in [1.165, 1.54) is 0 Å². The van der Waals surface area contributed by atoms with Crippen molar-refractivity contribution < 1.29 is 4.79 Å². The molecule has 5 nitrogen and oxygen atoms in total. The highest BCUT2D eigenvalue weighted by Gasteiger charge is 2.38. The van der Waals surface area contributed by atoms with Crippen LogP contribution in [0.25, 0.3) is 0 Å². The van der Waals surface area contributed by atoms with E-state index in [-0.39, 0.29) is 11.5 Å². The fourth-order valence-corrected chi connectivity index (χ4v) is 5.00. The molecule has 2 saturated heterocycles. The average molecular weight is 343 g/mol. The zero-order chi connectivity index (χ0) is 17.6. The van der Waals surface area contributed by atoms with Crippen molar-refractivity contribution in [2.24, 2.45) is 11.8 Å². The first-order valence-corrected chi connectivity index (χ1v) is 9.75. The Morgan fingerprint density at radius 2 is 1.88 bits per heavy atom. The van der Waals surface area contributed by atoms with E-state index < -0.39 is 0 Å². The van der Waals surface area contributed by atoms with Crippen molar-refractivity contribution in [2.75, 3.05) is 26.2 Å². The number of piperidine rings is 2. The van der Waals surface area contributed by atoms with Crippen LogP contribution in [0, 0.1) is 11.8 Å². The van der Waals surface area contributed by atoms with Crippen LogP contribution in [0.15, 0.2) is 23.0 Å². The van der Waals surface area contributed by atoms with Crippen LogP contribution in [-0.4, -0.2) is 52.5 Å². The minimum absolute atomic E-state index is 0.105. The van der Waals surface area contributed by atoms with E-state index in [0.717, 1.165) is 57.7 Å². The highest BCUT2D eigenvalue weighted by molar-refractivity contribution is 5.79. The van der Waals surface area contributed by atoms with E-state index in [9.17, 15) is 9.59 Å². The molecule has 1 amide bonds. The zero-order valence-electron chi connectivity index (χ0n) is 15.4. The van der Waals surface area contributed by atoms with Crippen molar-refractivity contribution in [1.82, 2.24) is 14.4 Å². The molecule has 0 N–H and O–H groups in total. The maximum Gasteiger partial charge on any atom is 0.250 e. The Hall–Kier alpha value is -1.62. The minimum Gasteiger partial charge on any atom is -0.341 e. The van der Waals surface area contributed by atoms with Gasteiger partial charge < -0.3 is 14.4 Å². The molecule has 2 fully saturated rings. The zero-order valence-corrected chi connectivity index (χ0v) is 15.4. The van der Waals surface area contributed by atoms with Crippen LogP contribution in [0.4, 0.5) is 0 Å². The number of pyridine rings is 1. The number of amides is 1. The van der Waals surface area contributed by atoms with Gasteiger partial charge in [0, 0.05) is 49.3 Å². The highest BCUT2D eigenvalue weighted by atomic mass is 16.2. The predicted octanol–water partition coefficient (Wildman–Crippen LogP) is 1.91. The van der Waals surface area contributed by atoms with E-state index in [0.29, 0.717) is 23.8 Å². The molecule has 4 rings (SSSR count). The van der Waals surface area contributed by atoms with Crippen LogP contribution < -0.4 is 5.56 Å². The summed E-state index contributed by atoms with van der Waals surface area (Å²) in [4.78, 5) is 29.8. The topological polar surface area (TPSA) is 45.6 Å². The highest BCUT2D eigenvalue weighted by Crippen LogP contribution is 2.36. The number of carbonyl (C=O) groups excluding carboxylic acids is 1. The third-order valence-electron chi connectivity index (χ3n) is 6.40. The van der Waals surface area contributed by atoms with Gasteiger partial charge in [0.1, 0.15) is 0 Å². The van der Waals surface area contributed by atoms with Crippen molar-refractivity contribution in [3.63, 3.8) is 0 Å². The molecule has 1 aromatic rings. The van der Waals surface area contributed by atoms with Gasteiger partial charge in [0.2, 0.25) is 5.91 Å². The van der Waals surface area contributed by atoms with Gasteiger partial charge in [0.25, 0.3) is 5.56 Å². The van der Waals surface area contributed by atoms with Crippen LogP contribution in [0.2, 0.25) is 0 Å².